The van der Waals surface area contributed by atoms with Crippen molar-refractivity contribution in [1.29, 1.82) is 0 Å². The van der Waals surface area contributed by atoms with Crippen LogP contribution in [-0.2, 0) is 0 Å². The van der Waals surface area contributed by atoms with E-state index in [1.165, 1.54) is 115 Å². The SMILES string of the molecule is CCC1CCC(C2CCC(c3ccc(C4CCC(C5CCC(C)CC5)CC4)cc3F)CC2)CC1. The maximum atomic E-state index is 15.3. The zero-order valence-corrected chi connectivity index (χ0v) is 22.2. The molecule has 4 aliphatic carbocycles. The van der Waals surface area contributed by atoms with Gasteiger partial charge in [0.15, 0.2) is 0 Å². The van der Waals surface area contributed by atoms with Crippen molar-refractivity contribution in [3.05, 3.63) is 35.1 Å². The summed E-state index contributed by atoms with van der Waals surface area (Å²) in [6.07, 6.45) is 23.4. The number of halogens is 1. The molecule has 34 heavy (non-hydrogen) atoms. The van der Waals surface area contributed by atoms with Crippen molar-refractivity contribution in [2.75, 3.05) is 0 Å². The van der Waals surface area contributed by atoms with Gasteiger partial charge in [0.2, 0.25) is 0 Å². The van der Waals surface area contributed by atoms with E-state index in [-0.39, 0.29) is 5.82 Å². The van der Waals surface area contributed by atoms with Crippen molar-refractivity contribution >= 4 is 0 Å². The predicted molar refractivity (Wildman–Crippen MR) is 143 cm³/mol. The molecule has 0 nitrogen and oxygen atoms in total. The standard InChI is InChI=1S/C33H51F/c1-3-24-6-10-26(11-7-24)28-16-18-30(19-17-28)32-21-20-31(22-33(32)34)29-14-12-27(13-15-29)25-8-4-23(2)5-9-25/h20-30H,3-19H2,1-2H3. The van der Waals surface area contributed by atoms with E-state index in [2.05, 4.69) is 26.0 Å². The highest BCUT2D eigenvalue weighted by Gasteiger charge is 2.33. The van der Waals surface area contributed by atoms with Crippen LogP contribution in [0.4, 0.5) is 4.39 Å². The molecule has 4 fully saturated rings. The first-order chi connectivity index (χ1) is 16.6. The van der Waals surface area contributed by atoms with Gasteiger partial charge < -0.3 is 0 Å². The summed E-state index contributed by atoms with van der Waals surface area (Å²) in [6.45, 7) is 4.79. The average molecular weight is 467 g/mol. The zero-order chi connectivity index (χ0) is 23.5. The lowest BCUT2D eigenvalue weighted by Crippen LogP contribution is -2.25. The highest BCUT2D eigenvalue weighted by molar-refractivity contribution is 5.30. The molecule has 0 N–H and O–H groups in total. The molecular weight excluding hydrogens is 415 g/mol. The van der Waals surface area contributed by atoms with E-state index in [0.29, 0.717) is 11.8 Å². The van der Waals surface area contributed by atoms with Crippen LogP contribution in [0.3, 0.4) is 0 Å². The Morgan fingerprint density at radius 1 is 0.618 bits per heavy atom. The third-order valence-electron chi connectivity index (χ3n) is 11.3. The first-order valence-corrected chi connectivity index (χ1v) is 15.4. The molecule has 1 aromatic rings. The molecular formula is C33H51F. The molecule has 0 unspecified atom stereocenters. The number of hydrogen-bond donors (Lipinski definition) is 0. The average Bonchev–Trinajstić information content (AvgIpc) is 2.89. The van der Waals surface area contributed by atoms with Gasteiger partial charge in [-0.05, 0) is 142 Å². The van der Waals surface area contributed by atoms with Crippen LogP contribution in [0.5, 0.6) is 0 Å². The summed E-state index contributed by atoms with van der Waals surface area (Å²) >= 11 is 0. The van der Waals surface area contributed by atoms with E-state index >= 15 is 4.39 Å². The van der Waals surface area contributed by atoms with Gasteiger partial charge in [-0.25, -0.2) is 4.39 Å². The molecule has 0 bridgehead atoms. The van der Waals surface area contributed by atoms with Crippen molar-refractivity contribution in [1.82, 2.24) is 0 Å². The summed E-state index contributed by atoms with van der Waals surface area (Å²) < 4.78 is 15.3. The normalized spacial score (nSPS) is 39.6. The Hall–Kier alpha value is -0.850. The largest absolute Gasteiger partial charge is 0.207 e. The van der Waals surface area contributed by atoms with Crippen LogP contribution in [0.25, 0.3) is 0 Å². The van der Waals surface area contributed by atoms with Gasteiger partial charge in [0, 0.05) is 0 Å². The molecule has 0 radical (unpaired) electrons. The Bertz CT molecular complexity index is 751. The molecule has 1 heteroatoms. The Balaban J connectivity index is 1.11. The number of hydrogen-bond acceptors (Lipinski definition) is 0. The Kier molecular flexibility index (Phi) is 8.38. The van der Waals surface area contributed by atoms with E-state index in [4.69, 9.17) is 0 Å². The molecule has 0 aromatic heterocycles. The van der Waals surface area contributed by atoms with Crippen LogP contribution >= 0.6 is 0 Å². The summed E-state index contributed by atoms with van der Waals surface area (Å²) in [4.78, 5) is 0. The van der Waals surface area contributed by atoms with Gasteiger partial charge in [-0.2, -0.15) is 0 Å². The van der Waals surface area contributed by atoms with Gasteiger partial charge in [0.25, 0.3) is 0 Å². The van der Waals surface area contributed by atoms with Gasteiger partial charge in [-0.1, -0.05) is 58.1 Å². The van der Waals surface area contributed by atoms with Crippen molar-refractivity contribution < 1.29 is 4.39 Å². The highest BCUT2D eigenvalue weighted by Crippen LogP contribution is 2.46. The lowest BCUT2D eigenvalue weighted by molar-refractivity contribution is 0.158. The summed E-state index contributed by atoms with van der Waals surface area (Å²) in [7, 11) is 0. The molecule has 0 atom stereocenters. The van der Waals surface area contributed by atoms with Gasteiger partial charge in [-0.15, -0.1) is 0 Å². The maximum absolute atomic E-state index is 15.3. The van der Waals surface area contributed by atoms with E-state index < -0.39 is 0 Å². The van der Waals surface area contributed by atoms with Crippen LogP contribution < -0.4 is 0 Å². The van der Waals surface area contributed by atoms with Crippen molar-refractivity contribution in [3.63, 3.8) is 0 Å². The Morgan fingerprint density at radius 3 is 1.59 bits per heavy atom. The van der Waals surface area contributed by atoms with E-state index in [0.717, 1.165) is 41.1 Å². The molecule has 4 aliphatic rings. The lowest BCUT2D eigenvalue weighted by Gasteiger charge is -2.38. The van der Waals surface area contributed by atoms with E-state index in [1.807, 2.05) is 6.07 Å². The van der Waals surface area contributed by atoms with Crippen LogP contribution in [0.15, 0.2) is 18.2 Å². The van der Waals surface area contributed by atoms with Crippen LogP contribution in [0, 0.1) is 41.3 Å². The van der Waals surface area contributed by atoms with Crippen molar-refractivity contribution in [3.8, 4) is 0 Å². The quantitative estimate of drug-likeness (QED) is 0.405. The van der Waals surface area contributed by atoms with Gasteiger partial charge in [-0.3, -0.25) is 0 Å². The summed E-state index contributed by atoms with van der Waals surface area (Å²) in [5.41, 5.74) is 2.32. The number of rotatable bonds is 5. The molecule has 1 aromatic carbocycles. The van der Waals surface area contributed by atoms with Crippen molar-refractivity contribution in [2.24, 2.45) is 35.5 Å². The summed E-state index contributed by atoms with van der Waals surface area (Å²) in [5.74, 6) is 6.90. The molecule has 0 spiro atoms. The second kappa shape index (κ2) is 11.5. The molecule has 0 aliphatic heterocycles. The minimum absolute atomic E-state index is 0.104. The fourth-order valence-electron chi connectivity index (χ4n) is 8.78. The van der Waals surface area contributed by atoms with Crippen LogP contribution in [-0.4, -0.2) is 0 Å². The topological polar surface area (TPSA) is 0 Å². The first kappa shape index (κ1) is 24.8. The predicted octanol–water partition coefficient (Wildman–Crippen LogP) is 10.4. The third kappa shape index (κ3) is 5.75. The third-order valence-corrected chi connectivity index (χ3v) is 11.3. The number of benzene rings is 1. The summed E-state index contributed by atoms with van der Waals surface area (Å²) in [5, 5.41) is 0. The zero-order valence-electron chi connectivity index (χ0n) is 22.2. The van der Waals surface area contributed by atoms with E-state index in [1.54, 1.807) is 0 Å². The fourth-order valence-corrected chi connectivity index (χ4v) is 8.78. The molecule has 0 amide bonds. The van der Waals surface area contributed by atoms with Crippen LogP contribution in [0.1, 0.15) is 146 Å². The fraction of sp³-hybridized carbons (Fsp3) is 0.818. The van der Waals surface area contributed by atoms with Crippen LogP contribution in [0.2, 0.25) is 0 Å². The molecule has 4 saturated carbocycles. The van der Waals surface area contributed by atoms with E-state index in [9.17, 15) is 0 Å². The minimum Gasteiger partial charge on any atom is -0.207 e. The highest BCUT2D eigenvalue weighted by atomic mass is 19.1. The van der Waals surface area contributed by atoms with Gasteiger partial charge in [0.05, 0.1) is 0 Å². The first-order valence-electron chi connectivity index (χ1n) is 15.4. The van der Waals surface area contributed by atoms with Gasteiger partial charge >= 0.3 is 0 Å². The smallest absolute Gasteiger partial charge is 0.126 e. The molecule has 0 heterocycles. The Labute approximate surface area is 209 Å². The van der Waals surface area contributed by atoms with Gasteiger partial charge in [0.1, 0.15) is 5.82 Å². The molecule has 0 saturated heterocycles. The lowest BCUT2D eigenvalue weighted by atomic mass is 9.67. The maximum Gasteiger partial charge on any atom is 0.126 e. The minimum atomic E-state index is 0.104. The second-order valence-electron chi connectivity index (χ2n) is 13.2. The second-order valence-corrected chi connectivity index (χ2v) is 13.2. The Morgan fingerprint density at radius 2 is 1.09 bits per heavy atom. The monoisotopic (exact) mass is 466 g/mol. The molecule has 190 valence electrons. The molecule has 5 rings (SSSR count). The summed E-state index contributed by atoms with van der Waals surface area (Å²) in [6, 6.07) is 6.45. The van der Waals surface area contributed by atoms with Crippen molar-refractivity contribution in [2.45, 2.75) is 135 Å².